The van der Waals surface area contributed by atoms with Gasteiger partial charge in [-0.1, -0.05) is 19.1 Å². The molecule has 0 fully saturated rings. The number of aryl methyl sites for hydroxylation is 2. The third-order valence-electron chi connectivity index (χ3n) is 3.79. The van der Waals surface area contributed by atoms with Gasteiger partial charge in [0, 0.05) is 37.3 Å². The van der Waals surface area contributed by atoms with E-state index in [0.29, 0.717) is 26.3 Å². The van der Waals surface area contributed by atoms with Crippen molar-refractivity contribution in [2.45, 2.75) is 33.4 Å². The summed E-state index contributed by atoms with van der Waals surface area (Å²) >= 11 is 1.73. The molecule has 0 saturated carbocycles. The van der Waals surface area contributed by atoms with Crippen molar-refractivity contribution >= 4 is 17.3 Å². The molecule has 1 heterocycles. The highest BCUT2D eigenvalue weighted by atomic mass is 32.1. The van der Waals surface area contributed by atoms with Crippen molar-refractivity contribution in [3.05, 3.63) is 45.4 Å². The number of aliphatic imine (C=N–C) groups is 1. The monoisotopic (exact) mass is 376 g/mol. The fourth-order valence-corrected chi connectivity index (χ4v) is 3.13. The molecule has 1 aromatic heterocycles. The second-order valence-corrected chi connectivity index (χ2v) is 7.01. The predicted octanol–water partition coefficient (Wildman–Crippen LogP) is 2.90. The molecule has 6 nitrogen and oxygen atoms in total. The summed E-state index contributed by atoms with van der Waals surface area (Å²) in [5, 5.41) is 7.69. The first-order valence-corrected chi connectivity index (χ1v) is 9.57. The Kier molecular flexibility index (Phi) is 8.37. The average Bonchev–Trinajstić information content (AvgIpc) is 3.11. The Labute approximate surface area is 159 Å². The average molecular weight is 377 g/mol. The van der Waals surface area contributed by atoms with E-state index in [2.05, 4.69) is 46.6 Å². The molecule has 0 aliphatic carbocycles. The minimum absolute atomic E-state index is 0.531. The number of methoxy groups -OCH3 is 1. The van der Waals surface area contributed by atoms with Crippen LogP contribution in [0.4, 0.5) is 0 Å². The molecular formula is C19H28N4O2S. The van der Waals surface area contributed by atoms with Crippen LogP contribution in [0.25, 0.3) is 0 Å². The van der Waals surface area contributed by atoms with Crippen molar-refractivity contribution in [1.82, 2.24) is 15.6 Å². The van der Waals surface area contributed by atoms with E-state index in [9.17, 15) is 0 Å². The first kappa shape index (κ1) is 20.2. The molecule has 2 N–H and O–H groups in total. The van der Waals surface area contributed by atoms with E-state index in [1.807, 2.05) is 12.3 Å². The maximum atomic E-state index is 5.84. The molecule has 0 unspecified atom stereocenters. The lowest BCUT2D eigenvalue weighted by atomic mass is 10.1. The van der Waals surface area contributed by atoms with Crippen LogP contribution in [0.3, 0.4) is 0 Å². The molecule has 7 heteroatoms. The molecule has 0 saturated heterocycles. The van der Waals surface area contributed by atoms with Crippen LogP contribution >= 0.6 is 11.3 Å². The lowest BCUT2D eigenvalue weighted by molar-refractivity contribution is 0.145. The summed E-state index contributed by atoms with van der Waals surface area (Å²) < 4.78 is 10.9. The Morgan fingerprint density at radius 2 is 2.04 bits per heavy atom. The number of ether oxygens (including phenoxy) is 2. The lowest BCUT2D eigenvalue weighted by Gasteiger charge is -2.15. The number of hydrogen-bond donors (Lipinski definition) is 2. The van der Waals surface area contributed by atoms with Crippen molar-refractivity contribution in [3.8, 4) is 5.75 Å². The van der Waals surface area contributed by atoms with Gasteiger partial charge in [-0.3, -0.25) is 4.99 Å². The number of aromatic nitrogens is 1. The summed E-state index contributed by atoms with van der Waals surface area (Å²) in [6, 6.07) is 6.20. The van der Waals surface area contributed by atoms with E-state index < -0.39 is 0 Å². The fourth-order valence-electron chi connectivity index (χ4n) is 2.33. The van der Waals surface area contributed by atoms with Gasteiger partial charge in [0.2, 0.25) is 0 Å². The molecule has 0 aliphatic rings. The molecule has 0 atom stereocenters. The number of nitrogens with one attached hydrogen (secondary N) is 2. The van der Waals surface area contributed by atoms with E-state index in [-0.39, 0.29) is 0 Å². The van der Waals surface area contributed by atoms with Gasteiger partial charge < -0.3 is 20.1 Å². The van der Waals surface area contributed by atoms with Crippen molar-refractivity contribution in [2.75, 3.05) is 27.4 Å². The van der Waals surface area contributed by atoms with Crippen LogP contribution in [-0.2, 0) is 24.2 Å². The summed E-state index contributed by atoms with van der Waals surface area (Å²) in [7, 11) is 3.43. The third kappa shape index (κ3) is 6.31. The Balaban J connectivity index is 1.90. The smallest absolute Gasteiger partial charge is 0.191 e. The first-order valence-electron chi connectivity index (χ1n) is 8.75. The summed E-state index contributed by atoms with van der Waals surface area (Å²) in [5.41, 5.74) is 2.25. The molecule has 1 aromatic carbocycles. The minimum atomic E-state index is 0.531. The van der Waals surface area contributed by atoms with E-state index >= 15 is 0 Å². The molecule has 0 bridgehead atoms. The van der Waals surface area contributed by atoms with Gasteiger partial charge >= 0.3 is 0 Å². The molecule has 2 rings (SSSR count). The standard InChI is InChI=1S/C19H28N4O2S/c1-5-16-12-21-18(26-16)13-23-19(20-3)22-11-15-7-6-14(2)10-17(15)25-9-8-24-4/h6-7,10,12H,5,8-9,11,13H2,1-4H3,(H2,20,22,23). The minimum Gasteiger partial charge on any atom is -0.491 e. The van der Waals surface area contributed by atoms with Gasteiger partial charge in [-0.15, -0.1) is 11.3 Å². The lowest BCUT2D eigenvalue weighted by Crippen LogP contribution is -2.36. The number of benzene rings is 1. The van der Waals surface area contributed by atoms with Crippen molar-refractivity contribution in [3.63, 3.8) is 0 Å². The predicted molar refractivity (Wildman–Crippen MR) is 107 cm³/mol. The van der Waals surface area contributed by atoms with Gasteiger partial charge in [0.05, 0.1) is 13.2 Å². The molecule has 0 radical (unpaired) electrons. The Morgan fingerprint density at radius 3 is 2.73 bits per heavy atom. The molecule has 26 heavy (non-hydrogen) atoms. The summed E-state index contributed by atoms with van der Waals surface area (Å²) in [6.07, 6.45) is 2.96. The van der Waals surface area contributed by atoms with E-state index in [0.717, 1.165) is 28.7 Å². The molecule has 142 valence electrons. The molecule has 0 amide bonds. The third-order valence-corrected chi connectivity index (χ3v) is 4.94. The van der Waals surface area contributed by atoms with Crippen LogP contribution in [0.1, 0.15) is 27.9 Å². The van der Waals surface area contributed by atoms with Crippen molar-refractivity contribution < 1.29 is 9.47 Å². The van der Waals surface area contributed by atoms with E-state index in [1.165, 1.54) is 10.4 Å². The zero-order chi connectivity index (χ0) is 18.8. The van der Waals surface area contributed by atoms with Gasteiger partial charge in [-0.25, -0.2) is 4.98 Å². The number of nitrogens with zero attached hydrogens (tertiary/aromatic N) is 2. The van der Waals surface area contributed by atoms with E-state index in [1.54, 1.807) is 25.5 Å². The maximum absolute atomic E-state index is 5.84. The molecular weight excluding hydrogens is 348 g/mol. The number of hydrogen-bond acceptors (Lipinski definition) is 5. The zero-order valence-corrected chi connectivity index (χ0v) is 16.8. The highest BCUT2D eigenvalue weighted by molar-refractivity contribution is 7.11. The number of rotatable bonds is 9. The van der Waals surface area contributed by atoms with Crippen LogP contribution < -0.4 is 15.4 Å². The van der Waals surface area contributed by atoms with Gasteiger partial charge in [-0.05, 0) is 25.0 Å². The summed E-state index contributed by atoms with van der Waals surface area (Å²) in [5.74, 6) is 1.61. The molecule has 2 aromatic rings. The normalized spacial score (nSPS) is 11.5. The Morgan fingerprint density at radius 1 is 1.23 bits per heavy atom. The van der Waals surface area contributed by atoms with Crippen LogP contribution in [0.5, 0.6) is 5.75 Å². The Hall–Kier alpha value is -2.12. The summed E-state index contributed by atoms with van der Waals surface area (Å²) in [6.45, 7) is 6.58. The maximum Gasteiger partial charge on any atom is 0.191 e. The highest BCUT2D eigenvalue weighted by Gasteiger charge is 2.07. The van der Waals surface area contributed by atoms with Gasteiger partial charge in [0.1, 0.15) is 17.4 Å². The molecule has 0 aliphatic heterocycles. The second-order valence-electron chi connectivity index (χ2n) is 5.81. The van der Waals surface area contributed by atoms with Crippen LogP contribution in [0.15, 0.2) is 29.4 Å². The second kappa shape index (κ2) is 10.8. The molecule has 0 spiro atoms. The first-order chi connectivity index (χ1) is 12.7. The SMILES string of the molecule is CCc1cnc(CNC(=NC)NCc2ccc(C)cc2OCCOC)s1. The van der Waals surface area contributed by atoms with Gasteiger partial charge in [0.25, 0.3) is 0 Å². The van der Waals surface area contributed by atoms with E-state index in [4.69, 9.17) is 9.47 Å². The summed E-state index contributed by atoms with van der Waals surface area (Å²) in [4.78, 5) is 9.99. The Bertz CT molecular complexity index is 715. The van der Waals surface area contributed by atoms with Crippen molar-refractivity contribution in [2.24, 2.45) is 4.99 Å². The van der Waals surface area contributed by atoms with Crippen LogP contribution in [0, 0.1) is 6.92 Å². The highest BCUT2D eigenvalue weighted by Crippen LogP contribution is 2.20. The van der Waals surface area contributed by atoms with Gasteiger partial charge in [-0.2, -0.15) is 0 Å². The van der Waals surface area contributed by atoms with Crippen LogP contribution in [0.2, 0.25) is 0 Å². The number of thiazole rings is 1. The van der Waals surface area contributed by atoms with Crippen molar-refractivity contribution in [1.29, 1.82) is 0 Å². The van der Waals surface area contributed by atoms with Crippen LogP contribution in [-0.4, -0.2) is 38.3 Å². The van der Waals surface area contributed by atoms with Gasteiger partial charge in [0.15, 0.2) is 5.96 Å². The zero-order valence-electron chi connectivity index (χ0n) is 16.0. The largest absolute Gasteiger partial charge is 0.491 e. The fraction of sp³-hybridized carbons (Fsp3) is 0.474. The quantitative estimate of drug-likeness (QED) is 0.400. The topological polar surface area (TPSA) is 67.8 Å². The number of guanidine groups is 1.